The molecule has 27 heavy (non-hydrogen) atoms. The quantitative estimate of drug-likeness (QED) is 0.533. The fourth-order valence-corrected chi connectivity index (χ4v) is 2.90. The van der Waals surface area contributed by atoms with Crippen LogP contribution in [0.2, 0.25) is 0 Å². The van der Waals surface area contributed by atoms with Gasteiger partial charge in [-0.05, 0) is 18.2 Å². The normalized spacial score (nSPS) is 10.8. The first-order valence-corrected chi connectivity index (χ1v) is 8.20. The molecule has 138 valence electrons. The second kappa shape index (κ2) is 6.91. The molecule has 0 aliphatic carbocycles. The standard InChI is InChI=1S/C19H18N4O4/c1-24-15-9-11(10-16(25-2)18(15)26-3)21-19-22-14-6-4-5-12(17(14)27-19)13-7-8-20-23-13/h4-10H,1-3H3,(H,20,23)(H,21,22). The molecule has 0 unspecified atom stereocenters. The first kappa shape index (κ1) is 16.8. The lowest BCUT2D eigenvalue weighted by Crippen LogP contribution is -1.97. The Morgan fingerprint density at radius 2 is 1.78 bits per heavy atom. The number of aromatic amines is 1. The number of H-pyrrole nitrogens is 1. The fourth-order valence-electron chi connectivity index (χ4n) is 2.90. The summed E-state index contributed by atoms with van der Waals surface area (Å²) in [5, 5.41) is 10.1. The van der Waals surface area contributed by atoms with Crippen molar-refractivity contribution in [3.05, 3.63) is 42.6 Å². The fraction of sp³-hybridized carbons (Fsp3) is 0.158. The van der Waals surface area contributed by atoms with E-state index >= 15 is 0 Å². The van der Waals surface area contributed by atoms with Crippen LogP contribution in [0.4, 0.5) is 11.7 Å². The molecule has 4 rings (SSSR count). The van der Waals surface area contributed by atoms with Crippen molar-refractivity contribution in [2.75, 3.05) is 26.6 Å². The summed E-state index contributed by atoms with van der Waals surface area (Å²) in [5.41, 5.74) is 3.83. The number of rotatable bonds is 6. The van der Waals surface area contributed by atoms with Crippen LogP contribution in [0.25, 0.3) is 22.4 Å². The zero-order valence-corrected chi connectivity index (χ0v) is 15.1. The minimum absolute atomic E-state index is 0.353. The molecular weight excluding hydrogens is 348 g/mol. The minimum atomic E-state index is 0.353. The van der Waals surface area contributed by atoms with Crippen molar-refractivity contribution < 1.29 is 18.6 Å². The number of oxazole rings is 1. The maximum Gasteiger partial charge on any atom is 0.300 e. The first-order chi connectivity index (χ1) is 13.2. The van der Waals surface area contributed by atoms with E-state index in [1.54, 1.807) is 39.7 Å². The van der Waals surface area contributed by atoms with Crippen molar-refractivity contribution in [3.63, 3.8) is 0 Å². The van der Waals surface area contributed by atoms with Crippen LogP contribution >= 0.6 is 0 Å². The van der Waals surface area contributed by atoms with Gasteiger partial charge in [-0.15, -0.1) is 0 Å². The Morgan fingerprint density at radius 3 is 2.41 bits per heavy atom. The second-order valence-electron chi connectivity index (χ2n) is 5.68. The highest BCUT2D eigenvalue weighted by atomic mass is 16.5. The van der Waals surface area contributed by atoms with Crippen LogP contribution in [0.1, 0.15) is 0 Å². The summed E-state index contributed by atoms with van der Waals surface area (Å²) in [5.74, 6) is 1.59. The van der Waals surface area contributed by atoms with Crippen LogP contribution in [0.5, 0.6) is 17.2 Å². The van der Waals surface area contributed by atoms with Crippen LogP contribution in [-0.4, -0.2) is 36.5 Å². The molecule has 0 atom stereocenters. The molecule has 2 aromatic carbocycles. The van der Waals surface area contributed by atoms with Gasteiger partial charge in [-0.3, -0.25) is 5.10 Å². The second-order valence-corrected chi connectivity index (χ2v) is 5.68. The highest BCUT2D eigenvalue weighted by Crippen LogP contribution is 2.41. The van der Waals surface area contributed by atoms with Gasteiger partial charge in [0.15, 0.2) is 17.1 Å². The highest BCUT2D eigenvalue weighted by Gasteiger charge is 2.16. The monoisotopic (exact) mass is 366 g/mol. The van der Waals surface area contributed by atoms with E-state index in [2.05, 4.69) is 20.5 Å². The number of anilines is 2. The van der Waals surface area contributed by atoms with E-state index in [0.29, 0.717) is 34.5 Å². The summed E-state index contributed by atoms with van der Waals surface area (Å²) in [6, 6.07) is 11.6. The van der Waals surface area contributed by atoms with Gasteiger partial charge in [-0.1, -0.05) is 6.07 Å². The summed E-state index contributed by atoms with van der Waals surface area (Å²) in [7, 11) is 4.69. The third kappa shape index (κ3) is 3.01. The van der Waals surface area contributed by atoms with Crippen LogP contribution < -0.4 is 19.5 Å². The highest BCUT2D eigenvalue weighted by molar-refractivity contribution is 5.90. The van der Waals surface area contributed by atoms with E-state index in [0.717, 1.165) is 16.8 Å². The van der Waals surface area contributed by atoms with Crippen molar-refractivity contribution in [2.45, 2.75) is 0 Å². The molecule has 0 amide bonds. The summed E-state index contributed by atoms with van der Waals surface area (Å²) < 4.78 is 22.0. The Kier molecular flexibility index (Phi) is 4.29. The Balaban J connectivity index is 1.73. The van der Waals surface area contributed by atoms with Crippen molar-refractivity contribution in [2.24, 2.45) is 0 Å². The van der Waals surface area contributed by atoms with E-state index in [1.165, 1.54) is 0 Å². The Bertz CT molecular complexity index is 1050. The van der Waals surface area contributed by atoms with Gasteiger partial charge in [0.1, 0.15) is 5.52 Å². The third-order valence-corrected chi connectivity index (χ3v) is 4.12. The number of benzene rings is 2. The molecule has 8 heteroatoms. The molecule has 2 heterocycles. The van der Waals surface area contributed by atoms with Gasteiger partial charge >= 0.3 is 0 Å². The predicted octanol–water partition coefficient (Wildman–Crippen LogP) is 3.99. The zero-order chi connectivity index (χ0) is 18.8. The Labute approximate surface area is 155 Å². The molecule has 0 saturated heterocycles. The van der Waals surface area contributed by atoms with Gasteiger partial charge < -0.3 is 23.9 Å². The zero-order valence-electron chi connectivity index (χ0n) is 15.1. The summed E-state index contributed by atoms with van der Waals surface area (Å²) in [4.78, 5) is 4.51. The maximum atomic E-state index is 5.95. The van der Waals surface area contributed by atoms with E-state index in [1.807, 2.05) is 24.3 Å². The number of para-hydroxylation sites is 1. The summed E-state index contributed by atoms with van der Waals surface area (Å²) >= 11 is 0. The van der Waals surface area contributed by atoms with Gasteiger partial charge in [0, 0.05) is 29.6 Å². The van der Waals surface area contributed by atoms with Crippen molar-refractivity contribution in [1.29, 1.82) is 0 Å². The van der Waals surface area contributed by atoms with Crippen LogP contribution in [-0.2, 0) is 0 Å². The molecule has 0 fully saturated rings. The topological polar surface area (TPSA) is 94.4 Å². The number of hydrogen-bond acceptors (Lipinski definition) is 7. The predicted molar refractivity (Wildman–Crippen MR) is 101 cm³/mol. The molecule has 0 aliphatic rings. The van der Waals surface area contributed by atoms with E-state index in [-0.39, 0.29) is 0 Å². The average molecular weight is 366 g/mol. The Morgan fingerprint density at radius 1 is 1.00 bits per heavy atom. The number of nitrogens with zero attached hydrogens (tertiary/aromatic N) is 2. The first-order valence-electron chi connectivity index (χ1n) is 8.20. The molecule has 8 nitrogen and oxygen atoms in total. The molecule has 0 spiro atoms. The molecule has 0 bridgehead atoms. The third-order valence-electron chi connectivity index (χ3n) is 4.12. The molecule has 2 N–H and O–H groups in total. The molecule has 0 aliphatic heterocycles. The van der Waals surface area contributed by atoms with Gasteiger partial charge in [0.2, 0.25) is 5.75 Å². The molecular formula is C19H18N4O4. The number of fused-ring (bicyclic) bond motifs is 1. The van der Waals surface area contributed by atoms with E-state index in [4.69, 9.17) is 18.6 Å². The average Bonchev–Trinajstić information content (AvgIpc) is 3.36. The molecule has 0 radical (unpaired) electrons. The number of nitrogens with one attached hydrogen (secondary N) is 2. The summed E-state index contributed by atoms with van der Waals surface area (Å²) in [6.45, 7) is 0. The van der Waals surface area contributed by atoms with Crippen LogP contribution in [0.15, 0.2) is 47.0 Å². The lowest BCUT2D eigenvalue weighted by molar-refractivity contribution is 0.324. The van der Waals surface area contributed by atoms with E-state index < -0.39 is 0 Å². The molecule has 0 saturated carbocycles. The Hall–Kier alpha value is -3.68. The molecule has 2 aromatic heterocycles. The van der Waals surface area contributed by atoms with Gasteiger partial charge in [0.05, 0.1) is 27.0 Å². The minimum Gasteiger partial charge on any atom is -0.493 e. The largest absolute Gasteiger partial charge is 0.493 e. The number of hydrogen-bond donors (Lipinski definition) is 2. The maximum absolute atomic E-state index is 5.95. The van der Waals surface area contributed by atoms with Crippen molar-refractivity contribution in [3.8, 4) is 28.5 Å². The number of methoxy groups -OCH3 is 3. The van der Waals surface area contributed by atoms with Gasteiger partial charge in [0.25, 0.3) is 6.01 Å². The lowest BCUT2D eigenvalue weighted by atomic mass is 10.1. The molecule has 4 aromatic rings. The van der Waals surface area contributed by atoms with E-state index in [9.17, 15) is 0 Å². The number of ether oxygens (including phenoxy) is 3. The van der Waals surface area contributed by atoms with Crippen molar-refractivity contribution >= 4 is 22.8 Å². The smallest absolute Gasteiger partial charge is 0.300 e. The summed E-state index contributed by atoms with van der Waals surface area (Å²) in [6.07, 6.45) is 1.69. The SMILES string of the molecule is COc1cc(Nc2nc3cccc(-c4ccn[nH]4)c3o2)cc(OC)c1OC. The number of aromatic nitrogens is 3. The van der Waals surface area contributed by atoms with Gasteiger partial charge in [-0.25, -0.2) is 0 Å². The van der Waals surface area contributed by atoms with Crippen LogP contribution in [0.3, 0.4) is 0 Å². The van der Waals surface area contributed by atoms with Gasteiger partial charge in [-0.2, -0.15) is 10.1 Å². The van der Waals surface area contributed by atoms with Crippen molar-refractivity contribution in [1.82, 2.24) is 15.2 Å². The van der Waals surface area contributed by atoms with Crippen LogP contribution in [0, 0.1) is 0 Å². The lowest BCUT2D eigenvalue weighted by Gasteiger charge is -2.14.